The summed E-state index contributed by atoms with van der Waals surface area (Å²) in [5, 5.41) is 0. The fraction of sp³-hybridized carbons (Fsp3) is 0.415. The number of hydrogen-bond donors (Lipinski definition) is 2. The molecular formula is C41H54N2. The normalized spacial score (nSPS) is 11.2. The molecule has 2 nitrogen and oxygen atoms in total. The molecule has 0 atom stereocenters. The highest BCUT2D eigenvalue weighted by Gasteiger charge is 2.07. The van der Waals surface area contributed by atoms with E-state index in [1.807, 2.05) is 12.1 Å². The van der Waals surface area contributed by atoms with Crippen molar-refractivity contribution >= 4 is 11.4 Å². The van der Waals surface area contributed by atoms with Crippen LogP contribution in [0.2, 0.25) is 0 Å². The highest BCUT2D eigenvalue weighted by atomic mass is 14.5. The van der Waals surface area contributed by atoms with E-state index in [1.165, 1.54) is 102 Å². The largest absolute Gasteiger partial charge is 0.399 e. The zero-order chi connectivity index (χ0) is 30.3. The van der Waals surface area contributed by atoms with Crippen LogP contribution in [-0.4, -0.2) is 0 Å². The number of hydrogen-bond acceptors (Lipinski definition) is 2. The fourth-order valence-corrected chi connectivity index (χ4v) is 6.16. The Morgan fingerprint density at radius 3 is 1.14 bits per heavy atom. The summed E-state index contributed by atoms with van der Waals surface area (Å²) in [4.78, 5) is 0. The lowest BCUT2D eigenvalue weighted by molar-refractivity contribution is 0.678. The average molecular weight is 575 g/mol. The lowest BCUT2D eigenvalue weighted by Gasteiger charge is -2.12. The van der Waals surface area contributed by atoms with Crippen molar-refractivity contribution in [3.8, 4) is 0 Å². The maximum absolute atomic E-state index is 6.10. The zero-order valence-corrected chi connectivity index (χ0v) is 26.8. The predicted molar refractivity (Wildman–Crippen MR) is 188 cm³/mol. The Kier molecular flexibility index (Phi) is 13.2. The van der Waals surface area contributed by atoms with Crippen molar-refractivity contribution in [3.05, 3.63) is 129 Å². The second kappa shape index (κ2) is 17.6. The van der Waals surface area contributed by atoms with Crippen LogP contribution in [0.5, 0.6) is 0 Å². The number of benzene rings is 4. The molecule has 4 aromatic rings. The quantitative estimate of drug-likeness (QED) is 0.0917. The minimum Gasteiger partial charge on any atom is -0.399 e. The lowest BCUT2D eigenvalue weighted by atomic mass is 9.94. The van der Waals surface area contributed by atoms with Gasteiger partial charge in [0.2, 0.25) is 0 Å². The third-order valence-corrected chi connectivity index (χ3v) is 8.83. The van der Waals surface area contributed by atoms with Crippen LogP contribution in [0.15, 0.2) is 84.9 Å². The second-order valence-electron chi connectivity index (χ2n) is 12.5. The Bertz CT molecular complexity index is 1260. The smallest absolute Gasteiger partial charge is 0.0316 e. The molecule has 0 amide bonds. The molecule has 0 aliphatic heterocycles. The molecule has 43 heavy (non-hydrogen) atoms. The molecule has 0 bridgehead atoms. The molecule has 0 aliphatic carbocycles. The molecule has 228 valence electrons. The maximum atomic E-state index is 6.10. The fourth-order valence-electron chi connectivity index (χ4n) is 6.16. The van der Waals surface area contributed by atoms with Crippen molar-refractivity contribution < 1.29 is 0 Å². The van der Waals surface area contributed by atoms with Crippen molar-refractivity contribution in [2.75, 3.05) is 11.5 Å². The topological polar surface area (TPSA) is 52.0 Å². The van der Waals surface area contributed by atoms with E-state index >= 15 is 0 Å². The third-order valence-electron chi connectivity index (χ3n) is 8.83. The van der Waals surface area contributed by atoms with Crippen LogP contribution >= 0.6 is 0 Å². The molecule has 2 heteroatoms. The zero-order valence-electron chi connectivity index (χ0n) is 26.8. The van der Waals surface area contributed by atoms with E-state index in [0.717, 1.165) is 49.9 Å². The van der Waals surface area contributed by atoms with Crippen molar-refractivity contribution in [2.24, 2.45) is 0 Å². The van der Waals surface area contributed by atoms with Crippen LogP contribution in [0.1, 0.15) is 116 Å². The second-order valence-corrected chi connectivity index (χ2v) is 12.5. The number of nitrogen functional groups attached to an aromatic ring is 2. The van der Waals surface area contributed by atoms with E-state index in [0.29, 0.717) is 0 Å². The first kappa shape index (κ1) is 32.4. The van der Waals surface area contributed by atoms with Gasteiger partial charge in [-0.2, -0.15) is 0 Å². The molecule has 0 saturated heterocycles. The minimum absolute atomic E-state index is 0.878. The van der Waals surface area contributed by atoms with Crippen molar-refractivity contribution in [2.45, 2.75) is 110 Å². The van der Waals surface area contributed by atoms with Crippen molar-refractivity contribution in [1.29, 1.82) is 0 Å². The molecule has 0 saturated carbocycles. The number of nitrogens with two attached hydrogens (primary N) is 2. The van der Waals surface area contributed by atoms with Gasteiger partial charge in [-0.05, 0) is 133 Å². The molecule has 0 radical (unpaired) electrons. The highest BCUT2D eigenvalue weighted by molar-refractivity contribution is 5.47. The molecule has 0 aliphatic rings. The number of aryl methyl sites for hydroxylation is 4. The third kappa shape index (κ3) is 10.9. The molecule has 0 fully saturated rings. The first-order valence-electron chi connectivity index (χ1n) is 16.9. The van der Waals surface area contributed by atoms with E-state index in [-0.39, 0.29) is 0 Å². The van der Waals surface area contributed by atoms with E-state index in [2.05, 4.69) is 86.6 Å². The van der Waals surface area contributed by atoms with Gasteiger partial charge in [0.1, 0.15) is 0 Å². The van der Waals surface area contributed by atoms with Crippen LogP contribution in [0.4, 0.5) is 11.4 Å². The van der Waals surface area contributed by atoms with Crippen LogP contribution in [-0.2, 0) is 38.5 Å². The minimum atomic E-state index is 0.878. The van der Waals surface area contributed by atoms with Gasteiger partial charge in [0.25, 0.3) is 0 Å². The highest BCUT2D eigenvalue weighted by Crippen LogP contribution is 2.22. The number of unbranched alkanes of at least 4 members (excludes halogenated alkanes) is 6. The molecule has 4 aromatic carbocycles. The van der Waals surface area contributed by atoms with Gasteiger partial charge >= 0.3 is 0 Å². The average Bonchev–Trinajstić information content (AvgIpc) is 3.01. The summed E-state index contributed by atoms with van der Waals surface area (Å²) in [6.45, 7) is 4.52. The Balaban J connectivity index is 1.19. The lowest BCUT2D eigenvalue weighted by Crippen LogP contribution is -1.99. The first-order chi connectivity index (χ1) is 21.0. The maximum Gasteiger partial charge on any atom is 0.0316 e. The molecule has 0 unspecified atom stereocenters. The van der Waals surface area contributed by atoms with Gasteiger partial charge in [-0.1, -0.05) is 107 Å². The summed E-state index contributed by atoms with van der Waals surface area (Å²) in [7, 11) is 0. The molecular weight excluding hydrogens is 520 g/mol. The summed E-state index contributed by atoms with van der Waals surface area (Å²) in [6, 6.07) is 31.5. The monoisotopic (exact) mass is 574 g/mol. The Labute approximate surface area is 261 Å². The first-order valence-corrected chi connectivity index (χ1v) is 16.9. The van der Waals surface area contributed by atoms with Crippen LogP contribution in [0, 0.1) is 0 Å². The number of rotatable bonds is 18. The Hall–Kier alpha value is -3.52. The van der Waals surface area contributed by atoms with Crippen LogP contribution in [0.25, 0.3) is 0 Å². The van der Waals surface area contributed by atoms with Gasteiger partial charge in [0.05, 0.1) is 0 Å². The standard InChI is InChI=1S/C41H54N2/c1-3-5-8-14-36-30-40(42)26-24-38(36)28-34-20-16-32(17-21-34)12-10-7-11-13-33-18-22-35(23-19-33)29-39-25-27-41(43)31-37(39)15-9-6-4-2/h16-27,30-31H,3-15,28-29,42-43H2,1-2H3. The predicted octanol–water partition coefficient (Wildman–Crippen LogP) is 10.5. The summed E-state index contributed by atoms with van der Waals surface area (Å²) in [5.41, 5.74) is 25.3. The van der Waals surface area contributed by atoms with Gasteiger partial charge in [-0.25, -0.2) is 0 Å². The Morgan fingerprint density at radius 1 is 0.372 bits per heavy atom. The van der Waals surface area contributed by atoms with E-state index in [9.17, 15) is 0 Å². The van der Waals surface area contributed by atoms with Crippen LogP contribution < -0.4 is 11.5 Å². The van der Waals surface area contributed by atoms with Gasteiger partial charge in [0, 0.05) is 11.4 Å². The summed E-state index contributed by atoms with van der Waals surface area (Å²) in [5.74, 6) is 0. The van der Waals surface area contributed by atoms with Gasteiger partial charge in [0.15, 0.2) is 0 Å². The van der Waals surface area contributed by atoms with Crippen molar-refractivity contribution in [3.63, 3.8) is 0 Å². The number of anilines is 2. The molecule has 4 rings (SSSR count). The van der Waals surface area contributed by atoms with Gasteiger partial charge < -0.3 is 11.5 Å². The van der Waals surface area contributed by atoms with Gasteiger partial charge in [-0.15, -0.1) is 0 Å². The molecule has 4 N–H and O–H groups in total. The van der Waals surface area contributed by atoms with Crippen molar-refractivity contribution in [1.82, 2.24) is 0 Å². The summed E-state index contributed by atoms with van der Waals surface area (Å²) < 4.78 is 0. The van der Waals surface area contributed by atoms with E-state index in [4.69, 9.17) is 11.5 Å². The Morgan fingerprint density at radius 2 is 0.744 bits per heavy atom. The van der Waals surface area contributed by atoms with E-state index in [1.54, 1.807) is 0 Å². The molecule has 0 aromatic heterocycles. The molecule has 0 spiro atoms. The van der Waals surface area contributed by atoms with Gasteiger partial charge in [-0.3, -0.25) is 0 Å². The summed E-state index contributed by atoms with van der Waals surface area (Å²) >= 11 is 0. The van der Waals surface area contributed by atoms with Crippen LogP contribution in [0.3, 0.4) is 0 Å². The van der Waals surface area contributed by atoms with E-state index < -0.39 is 0 Å². The SMILES string of the molecule is CCCCCc1cc(N)ccc1Cc1ccc(CCCCCc2ccc(Cc3ccc(N)cc3CCCCC)cc2)cc1. The summed E-state index contributed by atoms with van der Waals surface area (Å²) in [6.07, 6.45) is 17.8. The molecule has 0 heterocycles.